The predicted octanol–water partition coefficient (Wildman–Crippen LogP) is 0.500. The number of H-pyrrole nitrogens is 1. The fourth-order valence-corrected chi connectivity index (χ4v) is 1.04. The quantitative estimate of drug-likeness (QED) is 0.724. The molecule has 0 atom stereocenters. The minimum atomic E-state index is -0.442. The summed E-state index contributed by atoms with van der Waals surface area (Å²) in [7, 11) is 0. The Balaban J connectivity index is 2.13. The van der Waals surface area contributed by atoms with Gasteiger partial charge in [0, 0.05) is 6.20 Å². The van der Waals surface area contributed by atoms with Gasteiger partial charge in [-0.2, -0.15) is 5.10 Å². The summed E-state index contributed by atoms with van der Waals surface area (Å²) < 4.78 is 0. The van der Waals surface area contributed by atoms with Crippen molar-refractivity contribution in [2.24, 2.45) is 0 Å². The van der Waals surface area contributed by atoms with Gasteiger partial charge >= 0.3 is 0 Å². The number of nitrogens with one attached hydrogen (secondary N) is 2. The maximum atomic E-state index is 11.4. The summed E-state index contributed by atoms with van der Waals surface area (Å²) in [4.78, 5) is 22.6. The molecule has 2 heterocycles. The molecular formula is C7H5ClN6O. The topological polar surface area (TPSA) is 96.5 Å². The number of amides is 1. The van der Waals surface area contributed by atoms with E-state index in [4.69, 9.17) is 11.6 Å². The highest BCUT2D eigenvalue weighted by atomic mass is 35.5. The third-order valence-electron chi connectivity index (χ3n) is 1.50. The summed E-state index contributed by atoms with van der Waals surface area (Å²) in [5.74, 6) is -0.0385. The average Bonchev–Trinajstić information content (AvgIpc) is 2.70. The van der Waals surface area contributed by atoms with Gasteiger partial charge < -0.3 is 5.32 Å². The van der Waals surface area contributed by atoms with Crippen molar-refractivity contribution < 1.29 is 4.79 Å². The Bertz CT molecular complexity index is 470. The highest BCUT2D eigenvalue weighted by Gasteiger charge is 2.09. The van der Waals surface area contributed by atoms with Crippen LogP contribution in [0.1, 0.15) is 10.6 Å². The molecule has 0 aliphatic heterocycles. The van der Waals surface area contributed by atoms with Crippen LogP contribution in [0.2, 0.25) is 5.28 Å². The number of aromatic nitrogens is 5. The molecule has 0 fully saturated rings. The number of halogens is 1. The summed E-state index contributed by atoms with van der Waals surface area (Å²) in [6.07, 6.45) is 2.67. The lowest BCUT2D eigenvalue weighted by Crippen LogP contribution is -2.14. The molecule has 0 aliphatic rings. The minimum absolute atomic E-state index is 0.0605. The molecule has 2 rings (SSSR count). The van der Waals surface area contributed by atoms with Crippen molar-refractivity contribution in [3.8, 4) is 0 Å². The van der Waals surface area contributed by atoms with Crippen LogP contribution in [0.4, 0.5) is 5.82 Å². The van der Waals surface area contributed by atoms with E-state index in [1.807, 2.05) is 0 Å². The molecule has 0 aliphatic carbocycles. The Morgan fingerprint density at radius 3 is 3.00 bits per heavy atom. The van der Waals surface area contributed by atoms with Crippen molar-refractivity contribution in [2.75, 3.05) is 5.32 Å². The minimum Gasteiger partial charge on any atom is -0.304 e. The first-order chi connectivity index (χ1) is 7.25. The lowest BCUT2D eigenvalue weighted by Gasteiger charge is -2.00. The van der Waals surface area contributed by atoms with Crippen LogP contribution in [-0.2, 0) is 0 Å². The summed E-state index contributed by atoms with van der Waals surface area (Å²) in [6.45, 7) is 0. The number of carbonyl (C=O) groups is 1. The van der Waals surface area contributed by atoms with E-state index < -0.39 is 5.91 Å². The van der Waals surface area contributed by atoms with Crippen LogP contribution in [0.3, 0.4) is 0 Å². The SMILES string of the molecule is O=C(Nc1ccnc(Cl)n1)c1ncn[nH]1. The molecule has 0 unspecified atom stereocenters. The molecule has 0 saturated carbocycles. The van der Waals surface area contributed by atoms with Crippen LogP contribution < -0.4 is 5.32 Å². The second-order valence-electron chi connectivity index (χ2n) is 2.50. The van der Waals surface area contributed by atoms with Gasteiger partial charge in [-0.05, 0) is 17.7 Å². The first kappa shape index (κ1) is 9.53. The second-order valence-corrected chi connectivity index (χ2v) is 2.84. The number of rotatable bonds is 2. The molecule has 15 heavy (non-hydrogen) atoms. The molecule has 2 aromatic heterocycles. The molecule has 76 valence electrons. The van der Waals surface area contributed by atoms with Crippen molar-refractivity contribution in [2.45, 2.75) is 0 Å². The highest BCUT2D eigenvalue weighted by molar-refractivity contribution is 6.28. The summed E-state index contributed by atoms with van der Waals surface area (Å²) in [6, 6.07) is 1.51. The normalized spacial score (nSPS) is 9.93. The van der Waals surface area contributed by atoms with Crippen LogP contribution in [0.15, 0.2) is 18.6 Å². The molecule has 8 heteroatoms. The first-order valence-corrected chi connectivity index (χ1v) is 4.29. The molecular weight excluding hydrogens is 220 g/mol. The molecule has 0 saturated heterocycles. The molecule has 0 radical (unpaired) electrons. The number of aromatic amines is 1. The van der Waals surface area contributed by atoms with Crippen molar-refractivity contribution >= 4 is 23.3 Å². The molecule has 7 nitrogen and oxygen atoms in total. The average molecular weight is 225 g/mol. The maximum Gasteiger partial charge on any atom is 0.294 e. The Hall–Kier alpha value is -2.02. The number of hydrogen-bond donors (Lipinski definition) is 2. The van der Waals surface area contributed by atoms with E-state index in [1.165, 1.54) is 18.6 Å². The summed E-state index contributed by atoms with van der Waals surface area (Å²) in [5, 5.41) is 8.51. The summed E-state index contributed by atoms with van der Waals surface area (Å²) in [5.41, 5.74) is 0. The van der Waals surface area contributed by atoms with Gasteiger partial charge in [-0.15, -0.1) is 0 Å². The standard InChI is InChI=1S/C7H5ClN6O/c8-7-9-2-1-4(13-7)12-6(15)5-10-3-11-14-5/h1-3H,(H,10,11,14)(H,9,12,13,15). The zero-order chi connectivity index (χ0) is 10.7. The largest absolute Gasteiger partial charge is 0.304 e. The van der Waals surface area contributed by atoms with Crippen molar-refractivity contribution in [3.05, 3.63) is 29.7 Å². The van der Waals surface area contributed by atoms with E-state index in [-0.39, 0.29) is 11.1 Å². The fraction of sp³-hybridized carbons (Fsp3) is 0. The van der Waals surface area contributed by atoms with Crippen LogP contribution in [0, 0.1) is 0 Å². The smallest absolute Gasteiger partial charge is 0.294 e. The third-order valence-corrected chi connectivity index (χ3v) is 1.68. The molecule has 2 aromatic rings. The van der Waals surface area contributed by atoms with Crippen molar-refractivity contribution in [3.63, 3.8) is 0 Å². The fourth-order valence-electron chi connectivity index (χ4n) is 0.895. The van der Waals surface area contributed by atoms with Crippen LogP contribution in [0.5, 0.6) is 0 Å². The molecule has 1 amide bonds. The molecule has 0 bridgehead atoms. The molecule has 2 N–H and O–H groups in total. The van der Waals surface area contributed by atoms with Crippen LogP contribution >= 0.6 is 11.6 Å². The van der Waals surface area contributed by atoms with E-state index in [9.17, 15) is 4.79 Å². The number of nitrogens with zero attached hydrogens (tertiary/aromatic N) is 4. The molecule has 0 aromatic carbocycles. The number of anilines is 1. The van der Waals surface area contributed by atoms with Gasteiger partial charge in [0.25, 0.3) is 5.91 Å². The predicted molar refractivity (Wildman–Crippen MR) is 51.4 cm³/mol. The second kappa shape index (κ2) is 4.01. The van der Waals surface area contributed by atoms with E-state index >= 15 is 0 Å². The number of carbonyl (C=O) groups excluding carboxylic acids is 1. The van der Waals surface area contributed by atoms with E-state index in [2.05, 4.69) is 30.5 Å². The zero-order valence-electron chi connectivity index (χ0n) is 7.31. The number of hydrogen-bond acceptors (Lipinski definition) is 5. The van der Waals surface area contributed by atoms with Crippen LogP contribution in [-0.4, -0.2) is 31.1 Å². The lowest BCUT2D eigenvalue weighted by molar-refractivity contribution is 0.101. The zero-order valence-corrected chi connectivity index (χ0v) is 8.06. The van der Waals surface area contributed by atoms with Gasteiger partial charge in [-0.1, -0.05) is 0 Å². The third kappa shape index (κ3) is 2.26. The molecule has 0 spiro atoms. The Labute approximate surface area is 88.9 Å². The van der Waals surface area contributed by atoms with E-state index in [1.54, 1.807) is 0 Å². The first-order valence-electron chi connectivity index (χ1n) is 3.91. The maximum absolute atomic E-state index is 11.4. The Morgan fingerprint density at radius 2 is 2.33 bits per heavy atom. The van der Waals surface area contributed by atoms with Gasteiger partial charge in [0.15, 0.2) is 0 Å². The van der Waals surface area contributed by atoms with Crippen molar-refractivity contribution in [1.29, 1.82) is 0 Å². The lowest BCUT2D eigenvalue weighted by atomic mass is 10.5. The van der Waals surface area contributed by atoms with Gasteiger partial charge in [0.2, 0.25) is 11.1 Å². The summed E-state index contributed by atoms with van der Waals surface area (Å²) >= 11 is 5.54. The van der Waals surface area contributed by atoms with E-state index in [0.717, 1.165) is 0 Å². The Kier molecular flexibility index (Phi) is 2.55. The van der Waals surface area contributed by atoms with Crippen LogP contribution in [0.25, 0.3) is 0 Å². The monoisotopic (exact) mass is 224 g/mol. The Morgan fingerprint density at radius 1 is 1.47 bits per heavy atom. The van der Waals surface area contributed by atoms with Gasteiger partial charge in [0.05, 0.1) is 0 Å². The van der Waals surface area contributed by atoms with E-state index in [0.29, 0.717) is 5.82 Å². The highest BCUT2D eigenvalue weighted by Crippen LogP contribution is 2.06. The van der Waals surface area contributed by atoms with Gasteiger partial charge in [0.1, 0.15) is 12.1 Å². The van der Waals surface area contributed by atoms with Crippen molar-refractivity contribution in [1.82, 2.24) is 25.1 Å². The van der Waals surface area contributed by atoms with Gasteiger partial charge in [-0.25, -0.2) is 15.0 Å². The van der Waals surface area contributed by atoms with Gasteiger partial charge in [-0.3, -0.25) is 9.89 Å².